The number of allylic oxidation sites excluding steroid dienone is 1. The van der Waals surface area contributed by atoms with Gasteiger partial charge in [0.2, 0.25) is 11.7 Å². The van der Waals surface area contributed by atoms with E-state index in [4.69, 9.17) is 23.9 Å². The standard InChI is InChI=1S/C26H31N3O6S/c1-7-35-25(31)22-16(3)27-26(36-14-21(30)28-18-11-9-8-10-15(18)2)29-23(22)17-12-19(32-4)24(34-6)20(13-17)33-5/h8-13,23H,7,14H2,1-6H3,(H,27,29)(H,28,30)/t23-/m0/s1. The van der Waals surface area contributed by atoms with Gasteiger partial charge in [-0.3, -0.25) is 4.79 Å². The smallest absolute Gasteiger partial charge is 0.338 e. The molecular formula is C26H31N3O6S. The summed E-state index contributed by atoms with van der Waals surface area (Å²) in [5.74, 6) is 0.792. The van der Waals surface area contributed by atoms with Crippen molar-refractivity contribution in [1.29, 1.82) is 0 Å². The number of hydrogen-bond donors (Lipinski definition) is 2. The Balaban J connectivity index is 1.92. The number of esters is 1. The van der Waals surface area contributed by atoms with Crippen LogP contribution in [0.1, 0.15) is 31.0 Å². The van der Waals surface area contributed by atoms with Gasteiger partial charge in [0.05, 0.1) is 39.3 Å². The predicted octanol–water partition coefficient (Wildman–Crippen LogP) is 4.23. The molecule has 3 rings (SSSR count). The van der Waals surface area contributed by atoms with Crippen LogP contribution < -0.4 is 24.8 Å². The lowest BCUT2D eigenvalue weighted by Gasteiger charge is -2.26. The summed E-state index contributed by atoms with van der Waals surface area (Å²) in [5.41, 5.74) is 3.33. The number of para-hydroxylation sites is 1. The van der Waals surface area contributed by atoms with Crippen LogP contribution in [0.2, 0.25) is 0 Å². The molecule has 1 amide bonds. The zero-order valence-corrected chi connectivity index (χ0v) is 22.1. The van der Waals surface area contributed by atoms with Crippen LogP contribution in [0.15, 0.2) is 52.7 Å². The summed E-state index contributed by atoms with van der Waals surface area (Å²) in [6.07, 6.45) is 0. The van der Waals surface area contributed by atoms with E-state index in [-0.39, 0.29) is 18.3 Å². The summed E-state index contributed by atoms with van der Waals surface area (Å²) in [7, 11) is 4.57. The molecular weight excluding hydrogens is 482 g/mol. The van der Waals surface area contributed by atoms with E-state index in [9.17, 15) is 9.59 Å². The van der Waals surface area contributed by atoms with Crippen molar-refractivity contribution >= 4 is 34.5 Å². The van der Waals surface area contributed by atoms with E-state index in [1.165, 1.54) is 33.1 Å². The van der Waals surface area contributed by atoms with Gasteiger partial charge < -0.3 is 29.6 Å². The molecule has 192 valence electrons. The third kappa shape index (κ3) is 6.12. The number of hydrogen-bond acceptors (Lipinski definition) is 9. The molecule has 1 aliphatic heterocycles. The van der Waals surface area contributed by atoms with Crippen LogP contribution in [-0.4, -0.2) is 50.7 Å². The fourth-order valence-electron chi connectivity index (χ4n) is 3.73. The second kappa shape index (κ2) is 12.3. The van der Waals surface area contributed by atoms with E-state index in [0.717, 1.165) is 11.3 Å². The van der Waals surface area contributed by atoms with E-state index < -0.39 is 12.0 Å². The quantitative estimate of drug-likeness (QED) is 0.480. The molecule has 1 atom stereocenters. The molecule has 2 aromatic carbocycles. The Hall–Kier alpha value is -3.66. The number of benzene rings is 2. The van der Waals surface area contributed by atoms with Gasteiger partial charge in [-0.2, -0.15) is 0 Å². The van der Waals surface area contributed by atoms with Crippen LogP contribution in [0.3, 0.4) is 0 Å². The predicted molar refractivity (Wildman–Crippen MR) is 141 cm³/mol. The number of rotatable bonds is 9. The van der Waals surface area contributed by atoms with Gasteiger partial charge in [-0.25, -0.2) is 9.79 Å². The van der Waals surface area contributed by atoms with Crippen molar-refractivity contribution in [3.05, 3.63) is 58.8 Å². The summed E-state index contributed by atoms with van der Waals surface area (Å²) < 4.78 is 21.7. The molecule has 10 heteroatoms. The van der Waals surface area contributed by atoms with Crippen molar-refractivity contribution in [2.45, 2.75) is 26.8 Å². The van der Waals surface area contributed by atoms with Gasteiger partial charge in [-0.1, -0.05) is 30.0 Å². The highest BCUT2D eigenvalue weighted by Gasteiger charge is 2.32. The topological polar surface area (TPSA) is 107 Å². The monoisotopic (exact) mass is 513 g/mol. The molecule has 0 saturated heterocycles. The Bertz CT molecular complexity index is 1170. The van der Waals surface area contributed by atoms with Crippen LogP contribution in [-0.2, 0) is 14.3 Å². The first-order chi connectivity index (χ1) is 17.3. The number of carbonyl (C=O) groups excluding carboxylic acids is 2. The summed E-state index contributed by atoms with van der Waals surface area (Å²) in [5, 5.41) is 6.55. The number of carbonyl (C=O) groups is 2. The maximum atomic E-state index is 12.9. The number of nitrogens with one attached hydrogen (secondary N) is 2. The van der Waals surface area contributed by atoms with Crippen molar-refractivity contribution < 1.29 is 28.5 Å². The van der Waals surface area contributed by atoms with Crippen molar-refractivity contribution in [1.82, 2.24) is 5.32 Å². The van der Waals surface area contributed by atoms with Crippen molar-refractivity contribution in [3.8, 4) is 17.2 Å². The lowest BCUT2D eigenvalue weighted by Crippen LogP contribution is -2.31. The van der Waals surface area contributed by atoms with Gasteiger partial charge in [-0.15, -0.1) is 0 Å². The number of amidine groups is 1. The molecule has 36 heavy (non-hydrogen) atoms. The third-order valence-electron chi connectivity index (χ3n) is 5.48. The Morgan fingerprint density at radius 3 is 2.31 bits per heavy atom. The maximum Gasteiger partial charge on any atom is 0.338 e. The van der Waals surface area contributed by atoms with Gasteiger partial charge in [0.15, 0.2) is 16.7 Å². The van der Waals surface area contributed by atoms with E-state index in [1.54, 1.807) is 26.0 Å². The second-order valence-electron chi connectivity index (χ2n) is 7.83. The van der Waals surface area contributed by atoms with E-state index in [1.807, 2.05) is 31.2 Å². The van der Waals surface area contributed by atoms with Gasteiger partial charge >= 0.3 is 5.97 Å². The molecule has 0 saturated carbocycles. The molecule has 9 nitrogen and oxygen atoms in total. The molecule has 0 spiro atoms. The molecule has 1 aliphatic rings. The average molecular weight is 514 g/mol. The fourth-order valence-corrected chi connectivity index (χ4v) is 4.47. The number of aryl methyl sites for hydroxylation is 1. The number of thioether (sulfide) groups is 1. The summed E-state index contributed by atoms with van der Waals surface area (Å²) in [4.78, 5) is 30.2. The highest BCUT2D eigenvalue weighted by Crippen LogP contribution is 2.43. The maximum absolute atomic E-state index is 12.9. The highest BCUT2D eigenvalue weighted by molar-refractivity contribution is 8.14. The number of ether oxygens (including phenoxy) is 4. The van der Waals surface area contributed by atoms with E-state index >= 15 is 0 Å². The molecule has 1 heterocycles. The van der Waals surface area contributed by atoms with Crippen molar-refractivity contribution in [2.75, 3.05) is 39.0 Å². The van der Waals surface area contributed by atoms with Gasteiger partial charge in [0.1, 0.15) is 6.04 Å². The number of nitrogens with zero attached hydrogens (tertiary/aromatic N) is 1. The molecule has 0 aliphatic carbocycles. The van der Waals surface area contributed by atoms with Gasteiger partial charge in [0.25, 0.3) is 0 Å². The van der Waals surface area contributed by atoms with E-state index in [0.29, 0.717) is 39.2 Å². The Morgan fingerprint density at radius 2 is 1.72 bits per heavy atom. The Kier molecular flexibility index (Phi) is 9.24. The van der Waals surface area contributed by atoms with Crippen LogP contribution in [0.25, 0.3) is 0 Å². The summed E-state index contributed by atoms with van der Waals surface area (Å²) in [6.45, 7) is 5.68. The number of methoxy groups -OCH3 is 3. The van der Waals surface area contributed by atoms with Crippen LogP contribution >= 0.6 is 11.8 Å². The second-order valence-corrected chi connectivity index (χ2v) is 8.80. The minimum atomic E-state index is -0.707. The van der Waals surface area contributed by atoms with Crippen molar-refractivity contribution in [3.63, 3.8) is 0 Å². The average Bonchev–Trinajstić information content (AvgIpc) is 2.87. The molecule has 0 fully saturated rings. The number of aliphatic imine (C=N–C) groups is 1. The van der Waals surface area contributed by atoms with Crippen molar-refractivity contribution in [2.24, 2.45) is 4.99 Å². The highest BCUT2D eigenvalue weighted by atomic mass is 32.2. The normalized spacial score (nSPS) is 14.9. The zero-order chi connectivity index (χ0) is 26.2. The first-order valence-corrected chi connectivity index (χ1v) is 12.3. The van der Waals surface area contributed by atoms with Crippen LogP contribution in [0, 0.1) is 6.92 Å². The minimum absolute atomic E-state index is 0.129. The lowest BCUT2D eigenvalue weighted by atomic mass is 9.96. The number of amides is 1. The molecule has 2 N–H and O–H groups in total. The molecule has 2 aromatic rings. The Morgan fingerprint density at radius 1 is 1.06 bits per heavy atom. The lowest BCUT2D eigenvalue weighted by molar-refractivity contribution is -0.139. The first-order valence-electron chi connectivity index (χ1n) is 11.3. The molecule has 0 unspecified atom stereocenters. The summed E-state index contributed by atoms with van der Waals surface area (Å²) in [6, 6.07) is 10.4. The van der Waals surface area contributed by atoms with Gasteiger partial charge in [-0.05, 0) is 50.1 Å². The minimum Gasteiger partial charge on any atom is -0.493 e. The number of anilines is 1. The summed E-state index contributed by atoms with van der Waals surface area (Å²) >= 11 is 1.24. The first kappa shape index (κ1) is 26.9. The van der Waals surface area contributed by atoms with Crippen LogP contribution in [0.4, 0.5) is 5.69 Å². The molecule has 0 radical (unpaired) electrons. The molecule has 0 aromatic heterocycles. The Labute approximate surface area is 215 Å². The SMILES string of the molecule is CCOC(=O)C1=C(C)NC(SCC(=O)Nc2ccccc2C)=N[C@H]1c1cc(OC)c(OC)c(OC)c1. The van der Waals surface area contributed by atoms with Gasteiger partial charge in [0, 0.05) is 11.4 Å². The zero-order valence-electron chi connectivity index (χ0n) is 21.3. The largest absolute Gasteiger partial charge is 0.493 e. The fraction of sp³-hybridized carbons (Fsp3) is 0.346. The molecule has 0 bridgehead atoms. The van der Waals surface area contributed by atoms with E-state index in [2.05, 4.69) is 10.6 Å². The third-order valence-corrected chi connectivity index (χ3v) is 6.36. The van der Waals surface area contributed by atoms with Crippen LogP contribution in [0.5, 0.6) is 17.2 Å².